The molecule has 120 valence electrons. The molecule has 1 unspecified atom stereocenters. The molecule has 0 bridgehead atoms. The molecule has 1 aliphatic heterocycles. The fourth-order valence-electron chi connectivity index (χ4n) is 2.36. The van der Waals surface area contributed by atoms with Gasteiger partial charge in [-0.2, -0.15) is 5.11 Å². The van der Waals surface area contributed by atoms with E-state index in [0.717, 1.165) is 37.0 Å². The van der Waals surface area contributed by atoms with Gasteiger partial charge in [0.15, 0.2) is 0 Å². The van der Waals surface area contributed by atoms with E-state index in [-0.39, 0.29) is 6.04 Å². The normalized spacial score (nSPS) is 16.7. The predicted molar refractivity (Wildman–Crippen MR) is 96.0 cm³/mol. The van der Waals surface area contributed by atoms with Crippen LogP contribution < -0.4 is 4.90 Å². The number of thiocarbonyl (C=S) groups is 1. The molecule has 3 rings (SSSR count). The molecule has 2 aromatic rings. The lowest BCUT2D eigenvalue weighted by Crippen LogP contribution is -2.48. The summed E-state index contributed by atoms with van der Waals surface area (Å²) in [6, 6.07) is 5.92. The fourth-order valence-corrected chi connectivity index (χ4v) is 3.21. The third-order valence-electron chi connectivity index (χ3n) is 3.65. The molecular weight excluding hydrogens is 328 g/mol. The third-order valence-corrected chi connectivity index (χ3v) is 4.93. The number of anilines is 1. The van der Waals surface area contributed by atoms with Gasteiger partial charge in [0.05, 0.1) is 0 Å². The fraction of sp³-hybridized carbons (Fsp3) is 0.400. The average Bonchev–Trinajstić information content (AvgIpc) is 3.15. The van der Waals surface area contributed by atoms with Gasteiger partial charge in [-0.15, -0.1) is 16.5 Å². The Labute approximate surface area is 144 Å². The summed E-state index contributed by atoms with van der Waals surface area (Å²) in [6.45, 7) is 5.41. The molecule has 0 aromatic carbocycles. The summed E-state index contributed by atoms with van der Waals surface area (Å²) in [7, 11) is 0. The van der Waals surface area contributed by atoms with E-state index >= 15 is 0 Å². The number of hydrogen-bond donors (Lipinski definition) is 0. The first-order valence-corrected chi connectivity index (χ1v) is 8.78. The van der Waals surface area contributed by atoms with Crippen molar-refractivity contribution in [2.45, 2.75) is 13.0 Å². The van der Waals surface area contributed by atoms with Gasteiger partial charge in [-0.25, -0.2) is 9.97 Å². The van der Waals surface area contributed by atoms with Gasteiger partial charge >= 0.3 is 0 Å². The number of aromatic nitrogens is 2. The standard InChI is InChI=1S/C15H18N6S2/c1-12(14-17-6-11-23-14)18-19-15(22)21-9-7-20(8-10-21)13-4-2-3-5-16-13/h2-6,11-12H,7-10H2,1H3. The molecule has 1 atom stereocenters. The highest BCUT2D eigenvalue weighted by atomic mass is 32.1. The Hall–Kier alpha value is -1.93. The van der Waals surface area contributed by atoms with Crippen molar-refractivity contribution < 1.29 is 0 Å². The highest BCUT2D eigenvalue weighted by molar-refractivity contribution is 7.80. The lowest BCUT2D eigenvalue weighted by molar-refractivity contribution is 0.385. The van der Waals surface area contributed by atoms with E-state index in [1.807, 2.05) is 36.7 Å². The van der Waals surface area contributed by atoms with Gasteiger partial charge in [-0.1, -0.05) is 6.07 Å². The van der Waals surface area contributed by atoms with Crippen molar-refractivity contribution in [1.82, 2.24) is 14.9 Å². The zero-order valence-corrected chi connectivity index (χ0v) is 14.5. The minimum Gasteiger partial charge on any atom is -0.353 e. The Bertz CT molecular complexity index is 650. The lowest BCUT2D eigenvalue weighted by atomic mass is 10.3. The minimum absolute atomic E-state index is 0.0530. The van der Waals surface area contributed by atoms with Crippen LogP contribution in [0.5, 0.6) is 0 Å². The molecule has 1 saturated heterocycles. The summed E-state index contributed by atoms with van der Waals surface area (Å²) in [6.07, 6.45) is 3.60. The average molecular weight is 346 g/mol. The van der Waals surface area contributed by atoms with Crippen LogP contribution in [0.3, 0.4) is 0 Å². The molecule has 23 heavy (non-hydrogen) atoms. The van der Waals surface area contributed by atoms with Crippen molar-refractivity contribution in [3.8, 4) is 0 Å². The topological polar surface area (TPSA) is 57.0 Å². The Morgan fingerprint density at radius 2 is 2.04 bits per heavy atom. The quantitative estimate of drug-likeness (QED) is 0.631. The maximum absolute atomic E-state index is 5.39. The number of rotatable bonds is 3. The van der Waals surface area contributed by atoms with E-state index < -0.39 is 0 Å². The first-order chi connectivity index (χ1) is 11.2. The van der Waals surface area contributed by atoms with Crippen LogP contribution in [0, 0.1) is 0 Å². The molecule has 8 heteroatoms. The summed E-state index contributed by atoms with van der Waals surface area (Å²) < 4.78 is 0. The number of nitrogens with zero attached hydrogens (tertiary/aromatic N) is 6. The third kappa shape index (κ3) is 4.08. The molecule has 0 radical (unpaired) electrons. The van der Waals surface area contributed by atoms with Gasteiger partial charge in [0.25, 0.3) is 0 Å². The number of thiazole rings is 1. The maximum atomic E-state index is 5.39. The smallest absolute Gasteiger partial charge is 0.216 e. The highest BCUT2D eigenvalue weighted by Gasteiger charge is 2.19. The number of azo groups is 1. The molecule has 0 N–H and O–H groups in total. The van der Waals surface area contributed by atoms with Gasteiger partial charge in [0, 0.05) is 44.0 Å². The molecule has 1 fully saturated rings. The SMILES string of the molecule is CC(N=NC(=S)N1CCN(c2ccccn2)CC1)c1nccs1. The zero-order chi connectivity index (χ0) is 16.1. The summed E-state index contributed by atoms with van der Waals surface area (Å²) in [4.78, 5) is 13.0. The molecule has 2 aromatic heterocycles. The van der Waals surface area contributed by atoms with Crippen LogP contribution in [0.2, 0.25) is 0 Å². The second-order valence-electron chi connectivity index (χ2n) is 5.21. The van der Waals surface area contributed by atoms with Crippen LogP contribution in [-0.4, -0.2) is 46.2 Å². The minimum atomic E-state index is -0.0530. The van der Waals surface area contributed by atoms with Crippen molar-refractivity contribution in [2.24, 2.45) is 10.2 Å². The lowest BCUT2D eigenvalue weighted by Gasteiger charge is -2.35. The number of hydrogen-bond acceptors (Lipinski definition) is 6. The molecular formula is C15H18N6S2. The van der Waals surface area contributed by atoms with Crippen molar-refractivity contribution in [3.63, 3.8) is 0 Å². The van der Waals surface area contributed by atoms with Crippen LogP contribution in [0.1, 0.15) is 18.0 Å². The van der Waals surface area contributed by atoms with Gasteiger partial charge in [-0.3, -0.25) is 0 Å². The van der Waals surface area contributed by atoms with Gasteiger partial charge in [0.1, 0.15) is 16.9 Å². The molecule has 0 saturated carbocycles. The predicted octanol–water partition coefficient (Wildman–Crippen LogP) is 3.16. The Morgan fingerprint density at radius 3 is 2.70 bits per heavy atom. The summed E-state index contributed by atoms with van der Waals surface area (Å²) in [5, 5.41) is 11.9. The second-order valence-corrected chi connectivity index (χ2v) is 6.50. The first kappa shape index (κ1) is 15.9. The molecule has 0 amide bonds. The van der Waals surface area contributed by atoms with Crippen LogP contribution in [-0.2, 0) is 0 Å². The Balaban J connectivity index is 1.52. The van der Waals surface area contributed by atoms with E-state index in [0.29, 0.717) is 5.11 Å². The van der Waals surface area contributed by atoms with Crippen LogP contribution >= 0.6 is 23.6 Å². The van der Waals surface area contributed by atoms with Crippen molar-refractivity contribution >= 4 is 34.5 Å². The van der Waals surface area contributed by atoms with Crippen molar-refractivity contribution in [2.75, 3.05) is 31.1 Å². The van der Waals surface area contributed by atoms with E-state index in [9.17, 15) is 0 Å². The van der Waals surface area contributed by atoms with Gasteiger partial charge < -0.3 is 9.80 Å². The molecule has 6 nitrogen and oxygen atoms in total. The Kier molecular flexibility index (Phi) is 5.24. The Morgan fingerprint density at radius 1 is 1.22 bits per heavy atom. The summed E-state index contributed by atoms with van der Waals surface area (Å²) in [5.74, 6) is 1.01. The van der Waals surface area contributed by atoms with E-state index in [1.54, 1.807) is 17.5 Å². The maximum Gasteiger partial charge on any atom is 0.216 e. The van der Waals surface area contributed by atoms with Crippen molar-refractivity contribution in [3.05, 3.63) is 41.0 Å². The van der Waals surface area contributed by atoms with Crippen LogP contribution in [0.4, 0.5) is 5.82 Å². The monoisotopic (exact) mass is 346 g/mol. The van der Waals surface area contributed by atoms with Gasteiger partial charge in [-0.05, 0) is 31.3 Å². The van der Waals surface area contributed by atoms with Crippen LogP contribution in [0.15, 0.2) is 46.2 Å². The second kappa shape index (κ2) is 7.56. The first-order valence-electron chi connectivity index (χ1n) is 7.49. The van der Waals surface area contributed by atoms with E-state index in [4.69, 9.17) is 12.2 Å². The van der Waals surface area contributed by atoms with Gasteiger partial charge in [0.2, 0.25) is 5.11 Å². The van der Waals surface area contributed by atoms with Crippen molar-refractivity contribution in [1.29, 1.82) is 0 Å². The zero-order valence-electron chi connectivity index (χ0n) is 12.9. The van der Waals surface area contributed by atoms with Crippen LogP contribution in [0.25, 0.3) is 0 Å². The summed E-state index contributed by atoms with van der Waals surface area (Å²) in [5.41, 5.74) is 0. The van der Waals surface area contributed by atoms with E-state index in [1.165, 1.54) is 0 Å². The number of pyridine rings is 1. The van der Waals surface area contributed by atoms with E-state index in [2.05, 4.69) is 30.0 Å². The highest BCUT2D eigenvalue weighted by Crippen LogP contribution is 2.19. The molecule has 1 aliphatic rings. The number of piperazine rings is 1. The largest absolute Gasteiger partial charge is 0.353 e. The molecule has 3 heterocycles. The molecule has 0 aliphatic carbocycles. The molecule has 0 spiro atoms. The summed E-state index contributed by atoms with van der Waals surface area (Å²) >= 11 is 6.97.